The zero-order valence-electron chi connectivity index (χ0n) is 14.1. The van der Waals surface area contributed by atoms with Gasteiger partial charge in [-0.25, -0.2) is 9.97 Å². The van der Waals surface area contributed by atoms with Gasteiger partial charge in [-0.2, -0.15) is 0 Å². The fourth-order valence-electron chi connectivity index (χ4n) is 2.37. The Labute approximate surface area is 145 Å². The molecule has 6 nitrogen and oxygen atoms in total. The highest BCUT2D eigenvalue weighted by atomic mass is 16.2. The Kier molecular flexibility index (Phi) is 4.70. The SMILES string of the molecule is Cc1ccc(-c2cc(=O)n(CC(=O)Nc3cc(C)ccn3)cn2)cc1. The molecule has 0 aliphatic rings. The number of carbonyl (C=O) groups excluding carboxylic acids is 1. The minimum Gasteiger partial charge on any atom is -0.309 e. The summed E-state index contributed by atoms with van der Waals surface area (Å²) in [6.07, 6.45) is 3.01. The molecule has 0 radical (unpaired) electrons. The predicted octanol–water partition coefficient (Wildman–Crippen LogP) is 2.56. The Bertz CT molecular complexity index is 962. The van der Waals surface area contributed by atoms with Crippen LogP contribution in [0.4, 0.5) is 5.82 Å². The molecule has 0 aliphatic carbocycles. The van der Waals surface area contributed by atoms with Gasteiger partial charge in [0.1, 0.15) is 12.4 Å². The maximum atomic E-state index is 12.2. The fraction of sp³-hybridized carbons (Fsp3) is 0.158. The summed E-state index contributed by atoms with van der Waals surface area (Å²) in [4.78, 5) is 32.7. The Morgan fingerprint density at radius 2 is 1.80 bits per heavy atom. The molecule has 2 aromatic heterocycles. The number of hydrogen-bond acceptors (Lipinski definition) is 4. The van der Waals surface area contributed by atoms with Crippen LogP contribution < -0.4 is 10.9 Å². The summed E-state index contributed by atoms with van der Waals surface area (Å²) in [5, 5.41) is 2.67. The van der Waals surface area contributed by atoms with Crippen molar-refractivity contribution < 1.29 is 4.79 Å². The number of pyridine rings is 1. The molecule has 0 fully saturated rings. The Balaban J connectivity index is 1.74. The molecule has 0 spiro atoms. The van der Waals surface area contributed by atoms with Gasteiger partial charge < -0.3 is 5.32 Å². The molecule has 0 saturated heterocycles. The Morgan fingerprint density at radius 3 is 2.48 bits per heavy atom. The number of rotatable bonds is 4. The van der Waals surface area contributed by atoms with Crippen molar-refractivity contribution in [2.24, 2.45) is 0 Å². The van der Waals surface area contributed by atoms with Crippen LogP contribution in [0.5, 0.6) is 0 Å². The molecular formula is C19H18N4O2. The minimum atomic E-state index is -0.329. The third-order valence-corrected chi connectivity index (χ3v) is 3.72. The molecule has 0 saturated carbocycles. The van der Waals surface area contributed by atoms with Crippen LogP contribution in [0.15, 0.2) is 59.8 Å². The number of anilines is 1. The van der Waals surface area contributed by atoms with E-state index in [4.69, 9.17) is 0 Å². The summed E-state index contributed by atoms with van der Waals surface area (Å²) in [6, 6.07) is 12.8. The second-order valence-corrected chi connectivity index (χ2v) is 5.87. The van der Waals surface area contributed by atoms with Gasteiger partial charge in [-0.3, -0.25) is 14.2 Å². The maximum absolute atomic E-state index is 12.2. The number of hydrogen-bond donors (Lipinski definition) is 1. The van der Waals surface area contributed by atoms with Crippen LogP contribution >= 0.6 is 0 Å². The fourth-order valence-corrected chi connectivity index (χ4v) is 2.37. The average molecular weight is 334 g/mol. The summed E-state index contributed by atoms with van der Waals surface area (Å²) in [6.45, 7) is 3.79. The van der Waals surface area contributed by atoms with E-state index >= 15 is 0 Å². The second kappa shape index (κ2) is 7.09. The first-order valence-corrected chi connectivity index (χ1v) is 7.87. The van der Waals surface area contributed by atoms with E-state index in [0.29, 0.717) is 11.5 Å². The van der Waals surface area contributed by atoms with Crippen molar-refractivity contribution in [2.75, 3.05) is 5.32 Å². The van der Waals surface area contributed by atoms with E-state index in [-0.39, 0.29) is 18.0 Å². The standard InChI is InChI=1S/C19H18N4O2/c1-13-3-5-15(6-4-13)16-10-19(25)23(12-21-16)11-18(24)22-17-9-14(2)7-8-20-17/h3-10,12H,11H2,1-2H3,(H,20,22,24). The van der Waals surface area contributed by atoms with Gasteiger partial charge in [-0.15, -0.1) is 0 Å². The first-order valence-electron chi connectivity index (χ1n) is 7.87. The van der Waals surface area contributed by atoms with Crippen LogP contribution in [-0.2, 0) is 11.3 Å². The molecule has 0 bridgehead atoms. The summed E-state index contributed by atoms with van der Waals surface area (Å²) in [5.74, 6) is 0.132. The molecule has 6 heteroatoms. The molecule has 25 heavy (non-hydrogen) atoms. The number of benzene rings is 1. The molecule has 3 aromatic rings. The first-order chi connectivity index (χ1) is 12.0. The zero-order valence-corrected chi connectivity index (χ0v) is 14.1. The smallest absolute Gasteiger partial charge is 0.254 e. The number of carbonyl (C=O) groups is 1. The lowest BCUT2D eigenvalue weighted by molar-refractivity contribution is -0.116. The van der Waals surface area contributed by atoms with Crippen molar-refractivity contribution in [3.05, 3.63) is 76.5 Å². The van der Waals surface area contributed by atoms with E-state index in [1.807, 2.05) is 44.2 Å². The molecule has 1 N–H and O–H groups in total. The van der Waals surface area contributed by atoms with E-state index in [0.717, 1.165) is 16.7 Å². The van der Waals surface area contributed by atoms with Gasteiger partial charge in [0.15, 0.2) is 0 Å². The summed E-state index contributed by atoms with van der Waals surface area (Å²) >= 11 is 0. The van der Waals surface area contributed by atoms with Crippen molar-refractivity contribution >= 4 is 11.7 Å². The van der Waals surface area contributed by atoms with Crippen LogP contribution in [-0.4, -0.2) is 20.4 Å². The largest absolute Gasteiger partial charge is 0.309 e. The minimum absolute atomic E-state index is 0.115. The van der Waals surface area contributed by atoms with E-state index in [2.05, 4.69) is 15.3 Å². The molecule has 0 unspecified atom stereocenters. The highest BCUT2D eigenvalue weighted by molar-refractivity contribution is 5.89. The van der Waals surface area contributed by atoms with E-state index in [9.17, 15) is 9.59 Å². The van der Waals surface area contributed by atoms with Gasteiger partial charge in [-0.1, -0.05) is 29.8 Å². The predicted molar refractivity (Wildman–Crippen MR) is 96.3 cm³/mol. The normalized spacial score (nSPS) is 10.5. The van der Waals surface area contributed by atoms with Gasteiger partial charge in [0.2, 0.25) is 5.91 Å². The Hall–Kier alpha value is -3.28. The molecule has 1 aromatic carbocycles. The third-order valence-electron chi connectivity index (χ3n) is 3.72. The van der Waals surface area contributed by atoms with Crippen molar-refractivity contribution in [1.82, 2.24) is 14.5 Å². The number of aromatic nitrogens is 3. The van der Waals surface area contributed by atoms with Crippen LogP contribution in [0.1, 0.15) is 11.1 Å². The lowest BCUT2D eigenvalue weighted by Gasteiger charge is -2.08. The molecule has 3 rings (SSSR count). The Morgan fingerprint density at radius 1 is 1.04 bits per heavy atom. The zero-order chi connectivity index (χ0) is 17.8. The van der Waals surface area contributed by atoms with E-state index in [1.165, 1.54) is 17.0 Å². The molecule has 0 atom stereocenters. The number of nitrogens with zero attached hydrogens (tertiary/aromatic N) is 3. The third kappa shape index (κ3) is 4.17. The first kappa shape index (κ1) is 16.6. The highest BCUT2D eigenvalue weighted by Crippen LogP contribution is 2.15. The van der Waals surface area contributed by atoms with Gasteiger partial charge >= 0.3 is 0 Å². The molecule has 0 aliphatic heterocycles. The highest BCUT2D eigenvalue weighted by Gasteiger charge is 2.08. The number of aryl methyl sites for hydroxylation is 2. The monoisotopic (exact) mass is 334 g/mol. The van der Waals surface area contributed by atoms with Crippen LogP contribution in [0, 0.1) is 13.8 Å². The van der Waals surface area contributed by atoms with Crippen molar-refractivity contribution in [2.45, 2.75) is 20.4 Å². The molecule has 126 valence electrons. The van der Waals surface area contributed by atoms with E-state index < -0.39 is 0 Å². The summed E-state index contributed by atoms with van der Waals surface area (Å²) < 4.78 is 1.27. The van der Waals surface area contributed by atoms with E-state index in [1.54, 1.807) is 12.3 Å². The lowest BCUT2D eigenvalue weighted by atomic mass is 10.1. The van der Waals surface area contributed by atoms with Crippen molar-refractivity contribution in [3.63, 3.8) is 0 Å². The topological polar surface area (TPSA) is 76.9 Å². The summed E-state index contributed by atoms with van der Waals surface area (Å²) in [7, 11) is 0. The van der Waals surface area contributed by atoms with Crippen LogP contribution in [0.2, 0.25) is 0 Å². The average Bonchev–Trinajstić information content (AvgIpc) is 2.57. The lowest BCUT2D eigenvalue weighted by Crippen LogP contribution is -2.27. The van der Waals surface area contributed by atoms with Gasteiger partial charge in [0.25, 0.3) is 5.56 Å². The quantitative estimate of drug-likeness (QED) is 0.795. The van der Waals surface area contributed by atoms with Crippen molar-refractivity contribution in [1.29, 1.82) is 0 Å². The van der Waals surface area contributed by atoms with Crippen LogP contribution in [0.3, 0.4) is 0 Å². The van der Waals surface area contributed by atoms with Crippen LogP contribution in [0.25, 0.3) is 11.3 Å². The number of amides is 1. The second-order valence-electron chi connectivity index (χ2n) is 5.87. The van der Waals surface area contributed by atoms with Gasteiger partial charge in [0.05, 0.1) is 12.0 Å². The summed E-state index contributed by atoms with van der Waals surface area (Å²) in [5.41, 5.74) is 3.30. The number of nitrogens with one attached hydrogen (secondary N) is 1. The van der Waals surface area contributed by atoms with Crippen molar-refractivity contribution in [3.8, 4) is 11.3 Å². The molecule has 2 heterocycles. The van der Waals surface area contributed by atoms with Gasteiger partial charge in [0, 0.05) is 17.8 Å². The maximum Gasteiger partial charge on any atom is 0.254 e. The molecule has 1 amide bonds. The van der Waals surface area contributed by atoms with Gasteiger partial charge in [-0.05, 0) is 31.5 Å². The molecular weight excluding hydrogens is 316 g/mol.